The van der Waals surface area contributed by atoms with Crippen LogP contribution in [0.5, 0.6) is 0 Å². The quantitative estimate of drug-likeness (QED) is 0.629. The van der Waals surface area contributed by atoms with Crippen molar-refractivity contribution in [2.45, 2.75) is 32.2 Å². The Kier molecular flexibility index (Phi) is 7.02. The van der Waals surface area contributed by atoms with E-state index in [1.54, 1.807) is 0 Å². The molecule has 23 heavy (non-hydrogen) atoms. The van der Waals surface area contributed by atoms with Gasteiger partial charge in [0.1, 0.15) is 0 Å². The van der Waals surface area contributed by atoms with Crippen LogP contribution in [0, 0.1) is 0 Å². The molecule has 6 nitrogen and oxygen atoms in total. The van der Waals surface area contributed by atoms with Gasteiger partial charge in [-0.1, -0.05) is 24.3 Å². The Bertz CT molecular complexity index is 627. The Balaban J connectivity index is 3.00. The third kappa shape index (κ3) is 6.58. The van der Waals surface area contributed by atoms with Crippen LogP contribution in [0.3, 0.4) is 0 Å². The largest absolute Gasteiger partial charge is 0.349 e. The lowest BCUT2D eigenvalue weighted by atomic mass is 10.1. The predicted molar refractivity (Wildman–Crippen MR) is 95.9 cm³/mol. The smallest absolute Gasteiger partial charge is 0.216 e. The second kappa shape index (κ2) is 8.31. The summed E-state index contributed by atoms with van der Waals surface area (Å²) in [6.07, 6.45) is 0. The summed E-state index contributed by atoms with van der Waals surface area (Å²) < 4.78 is 26.9. The first-order valence-electron chi connectivity index (χ1n) is 7.58. The van der Waals surface area contributed by atoms with Crippen molar-refractivity contribution < 1.29 is 8.42 Å². The molecule has 0 aromatic heterocycles. The van der Waals surface area contributed by atoms with Crippen molar-refractivity contribution in [3.63, 3.8) is 0 Å². The summed E-state index contributed by atoms with van der Waals surface area (Å²) >= 11 is 0. The van der Waals surface area contributed by atoms with Crippen molar-refractivity contribution in [2.75, 3.05) is 28.2 Å². The topological polar surface area (TPSA) is 65.0 Å². The molecule has 0 radical (unpaired) electrons. The molecule has 1 N–H and O–H groups in total. The van der Waals surface area contributed by atoms with E-state index in [1.165, 1.54) is 0 Å². The molecule has 7 heteroatoms. The maximum absolute atomic E-state index is 12.2. The molecular formula is C16H28N4O2S. The standard InChI is InChI=1S/C16H28N4O2S/c1-13(2)18-23(21,22)12-15-10-8-7-9-14(15)11-17-16(19(3)4)20(5)6/h7-10,13,18H,11-12H2,1-6H3. The molecule has 0 aliphatic rings. The Labute approximate surface area is 140 Å². The molecule has 0 amide bonds. The second-order valence-electron chi connectivity index (χ2n) is 6.21. The van der Waals surface area contributed by atoms with Crippen LogP contribution in [0.2, 0.25) is 0 Å². The monoisotopic (exact) mass is 340 g/mol. The molecule has 0 bridgehead atoms. The molecule has 130 valence electrons. The fourth-order valence-corrected chi connectivity index (χ4v) is 3.79. The third-order valence-electron chi connectivity index (χ3n) is 3.07. The zero-order chi connectivity index (χ0) is 17.6. The molecule has 0 saturated heterocycles. The van der Waals surface area contributed by atoms with Gasteiger partial charge in [-0.15, -0.1) is 0 Å². The summed E-state index contributed by atoms with van der Waals surface area (Å²) in [6, 6.07) is 7.41. The maximum Gasteiger partial charge on any atom is 0.216 e. The van der Waals surface area contributed by atoms with E-state index in [0.717, 1.165) is 17.1 Å². The highest BCUT2D eigenvalue weighted by Crippen LogP contribution is 2.14. The van der Waals surface area contributed by atoms with Gasteiger partial charge in [0.05, 0.1) is 12.3 Å². The van der Waals surface area contributed by atoms with Crippen molar-refractivity contribution in [1.82, 2.24) is 14.5 Å². The van der Waals surface area contributed by atoms with Crippen molar-refractivity contribution in [3.8, 4) is 0 Å². The number of rotatable bonds is 6. The van der Waals surface area contributed by atoms with Gasteiger partial charge in [-0.25, -0.2) is 18.1 Å². The summed E-state index contributed by atoms with van der Waals surface area (Å²) in [6.45, 7) is 4.07. The van der Waals surface area contributed by atoms with E-state index in [4.69, 9.17) is 0 Å². The highest BCUT2D eigenvalue weighted by Gasteiger charge is 2.15. The highest BCUT2D eigenvalue weighted by atomic mass is 32.2. The van der Waals surface area contributed by atoms with E-state index < -0.39 is 10.0 Å². The number of benzene rings is 1. The van der Waals surface area contributed by atoms with Gasteiger partial charge < -0.3 is 9.80 Å². The van der Waals surface area contributed by atoms with Crippen molar-refractivity contribution in [3.05, 3.63) is 35.4 Å². The maximum atomic E-state index is 12.2. The third-order valence-corrected chi connectivity index (χ3v) is 4.59. The zero-order valence-corrected chi connectivity index (χ0v) is 15.7. The van der Waals surface area contributed by atoms with Crippen LogP contribution in [0.25, 0.3) is 0 Å². The van der Waals surface area contributed by atoms with E-state index in [0.29, 0.717) is 6.54 Å². The first-order valence-corrected chi connectivity index (χ1v) is 9.23. The first-order chi connectivity index (χ1) is 10.6. The minimum absolute atomic E-state index is 0.0316. The van der Waals surface area contributed by atoms with Crippen LogP contribution < -0.4 is 4.72 Å². The molecule has 0 fully saturated rings. The average Bonchev–Trinajstić information content (AvgIpc) is 2.37. The Morgan fingerprint density at radius 1 is 1.09 bits per heavy atom. The van der Waals surface area contributed by atoms with Crippen LogP contribution in [-0.2, 0) is 22.3 Å². The van der Waals surface area contributed by atoms with Crippen molar-refractivity contribution in [1.29, 1.82) is 0 Å². The average molecular weight is 340 g/mol. The molecule has 0 heterocycles. The van der Waals surface area contributed by atoms with Gasteiger partial charge in [0.15, 0.2) is 5.96 Å². The molecule has 1 aromatic carbocycles. The number of hydrogen-bond acceptors (Lipinski definition) is 3. The Morgan fingerprint density at radius 3 is 2.09 bits per heavy atom. The van der Waals surface area contributed by atoms with Gasteiger partial charge >= 0.3 is 0 Å². The number of hydrogen-bond donors (Lipinski definition) is 1. The summed E-state index contributed by atoms with van der Waals surface area (Å²) in [5.41, 5.74) is 1.70. The van der Waals surface area contributed by atoms with Gasteiger partial charge in [-0.3, -0.25) is 0 Å². The van der Waals surface area contributed by atoms with E-state index in [9.17, 15) is 8.42 Å². The molecule has 1 aromatic rings. The van der Waals surface area contributed by atoms with Gasteiger partial charge in [0.25, 0.3) is 0 Å². The zero-order valence-electron chi connectivity index (χ0n) is 14.9. The van der Waals surface area contributed by atoms with Crippen LogP contribution in [0.1, 0.15) is 25.0 Å². The van der Waals surface area contributed by atoms with E-state index in [2.05, 4.69) is 9.71 Å². The lowest BCUT2D eigenvalue weighted by Gasteiger charge is -2.22. The molecule has 0 aliphatic carbocycles. The molecular weight excluding hydrogens is 312 g/mol. The molecule has 0 aliphatic heterocycles. The minimum atomic E-state index is -3.35. The molecule has 0 atom stereocenters. The minimum Gasteiger partial charge on any atom is -0.349 e. The number of nitrogens with zero attached hydrogens (tertiary/aromatic N) is 3. The van der Waals surface area contributed by atoms with Crippen LogP contribution in [-0.4, -0.2) is 58.4 Å². The molecule has 0 unspecified atom stereocenters. The van der Waals surface area contributed by atoms with Crippen LogP contribution >= 0.6 is 0 Å². The van der Waals surface area contributed by atoms with Crippen LogP contribution in [0.15, 0.2) is 29.3 Å². The van der Waals surface area contributed by atoms with Crippen molar-refractivity contribution in [2.24, 2.45) is 4.99 Å². The van der Waals surface area contributed by atoms with E-state index >= 15 is 0 Å². The van der Waals surface area contributed by atoms with Gasteiger partial charge in [0.2, 0.25) is 10.0 Å². The SMILES string of the molecule is CC(C)NS(=O)(=O)Cc1ccccc1CN=C(N(C)C)N(C)C. The fourth-order valence-electron chi connectivity index (χ4n) is 2.30. The number of nitrogens with one attached hydrogen (secondary N) is 1. The lowest BCUT2D eigenvalue weighted by molar-refractivity contribution is 0.479. The van der Waals surface area contributed by atoms with Gasteiger partial charge in [-0.05, 0) is 25.0 Å². The molecule has 0 saturated carbocycles. The molecule has 0 spiro atoms. The Hall–Kier alpha value is -1.60. The number of aliphatic imine (C=N–C) groups is 1. The van der Waals surface area contributed by atoms with Crippen LogP contribution in [0.4, 0.5) is 0 Å². The van der Waals surface area contributed by atoms with E-state index in [-0.39, 0.29) is 11.8 Å². The van der Waals surface area contributed by atoms with E-state index in [1.807, 2.05) is 76.1 Å². The fraction of sp³-hybridized carbons (Fsp3) is 0.562. The number of sulfonamides is 1. The normalized spacial score (nSPS) is 11.4. The first kappa shape index (κ1) is 19.4. The highest BCUT2D eigenvalue weighted by molar-refractivity contribution is 7.88. The predicted octanol–water partition coefficient (Wildman–Crippen LogP) is 1.49. The van der Waals surface area contributed by atoms with Gasteiger partial charge in [0, 0.05) is 34.2 Å². The molecule has 1 rings (SSSR count). The van der Waals surface area contributed by atoms with Gasteiger partial charge in [-0.2, -0.15) is 0 Å². The number of guanidine groups is 1. The summed E-state index contributed by atoms with van der Waals surface area (Å²) in [5.74, 6) is 0.804. The van der Waals surface area contributed by atoms with Crippen molar-refractivity contribution >= 4 is 16.0 Å². The summed E-state index contributed by atoms with van der Waals surface area (Å²) in [4.78, 5) is 8.46. The summed E-state index contributed by atoms with van der Waals surface area (Å²) in [5, 5.41) is 0. The summed E-state index contributed by atoms with van der Waals surface area (Å²) in [7, 11) is 4.38. The second-order valence-corrected chi connectivity index (χ2v) is 7.96. The Morgan fingerprint density at radius 2 is 1.61 bits per heavy atom. The lowest BCUT2D eigenvalue weighted by Crippen LogP contribution is -2.35.